The molecule has 0 fully saturated rings. The molecule has 8 rings (SSSR count). The second kappa shape index (κ2) is 9.18. The predicted octanol–water partition coefficient (Wildman–Crippen LogP) is 9.03. The molecule has 2 aliphatic heterocycles. The molecule has 0 atom stereocenters. The lowest BCUT2D eigenvalue weighted by Gasteiger charge is -2.48. The van der Waals surface area contributed by atoms with Crippen LogP contribution in [-0.2, 0) is 27.1 Å². The molecule has 0 saturated carbocycles. The maximum Gasteiger partial charge on any atom is 0.249 e. The van der Waals surface area contributed by atoms with Crippen molar-refractivity contribution in [1.82, 2.24) is 4.98 Å². The van der Waals surface area contributed by atoms with Crippen LogP contribution in [0.25, 0.3) is 0 Å². The number of hydrogen-bond acceptors (Lipinski definition) is 2. The fourth-order valence-corrected chi connectivity index (χ4v) is 9.72. The van der Waals surface area contributed by atoms with Gasteiger partial charge in [0.15, 0.2) is 0 Å². The van der Waals surface area contributed by atoms with Crippen molar-refractivity contribution in [3.8, 4) is 0 Å². The van der Waals surface area contributed by atoms with Crippen LogP contribution in [0, 0.1) is 6.92 Å². The van der Waals surface area contributed by atoms with Gasteiger partial charge in [-0.3, -0.25) is 4.90 Å². The van der Waals surface area contributed by atoms with E-state index >= 15 is 0 Å². The number of rotatable bonds is 1. The van der Waals surface area contributed by atoms with E-state index in [0.717, 1.165) is 11.5 Å². The topological polar surface area (TPSA) is 16.1 Å². The Morgan fingerprint density at radius 2 is 1.13 bits per heavy atom. The summed E-state index contributed by atoms with van der Waals surface area (Å²) in [6.07, 6.45) is 4.84. The molecule has 46 heavy (non-hydrogen) atoms. The zero-order chi connectivity index (χ0) is 32.8. The van der Waals surface area contributed by atoms with Crippen LogP contribution in [0.2, 0.25) is 0 Å². The van der Waals surface area contributed by atoms with Crippen molar-refractivity contribution in [3.05, 3.63) is 99.7 Å². The lowest BCUT2D eigenvalue weighted by atomic mass is 9.30. The standard InChI is InChI=1S/C43H51BN2/c1-26-22-33-37-38(45-26)46(27-16-17-28-30(23-27)40(4,5)19-18-39(28,2)3)36-25-32-31(41(6,7)20-21-42(32,8)9)24-35(36)44(37)34-15-13-12-14-29(34)43(33,10)11/h12-17,22-25H,18-21H2,1-11H3. The quantitative estimate of drug-likeness (QED) is 0.177. The molecule has 236 valence electrons. The van der Waals surface area contributed by atoms with E-state index in [1.54, 1.807) is 0 Å². The number of fused-ring (bicyclic) bond motifs is 6. The molecule has 2 aliphatic carbocycles. The highest BCUT2D eigenvalue weighted by molar-refractivity contribution is 6.99. The van der Waals surface area contributed by atoms with E-state index < -0.39 is 0 Å². The van der Waals surface area contributed by atoms with Crippen LogP contribution in [-0.4, -0.2) is 11.7 Å². The summed E-state index contributed by atoms with van der Waals surface area (Å²) in [6.45, 7) is 26.8. The van der Waals surface area contributed by atoms with Gasteiger partial charge in [0.05, 0.1) is 0 Å². The maximum atomic E-state index is 5.48. The molecule has 3 aromatic carbocycles. The smallest absolute Gasteiger partial charge is 0.249 e. The minimum atomic E-state index is -0.120. The van der Waals surface area contributed by atoms with Gasteiger partial charge in [-0.15, -0.1) is 0 Å². The summed E-state index contributed by atoms with van der Waals surface area (Å²) in [7, 11) is 0. The van der Waals surface area contributed by atoms with Crippen LogP contribution >= 0.6 is 0 Å². The minimum Gasteiger partial charge on any atom is -0.296 e. The zero-order valence-electron chi connectivity index (χ0n) is 30.1. The van der Waals surface area contributed by atoms with Crippen LogP contribution in [0.3, 0.4) is 0 Å². The monoisotopic (exact) mass is 606 g/mol. The van der Waals surface area contributed by atoms with Gasteiger partial charge in [0.2, 0.25) is 6.71 Å². The highest BCUT2D eigenvalue weighted by Gasteiger charge is 2.49. The van der Waals surface area contributed by atoms with Crippen LogP contribution in [0.5, 0.6) is 0 Å². The number of pyridine rings is 1. The summed E-state index contributed by atoms with van der Waals surface area (Å²) >= 11 is 0. The Bertz CT molecular complexity index is 1960. The number of hydrogen-bond donors (Lipinski definition) is 0. The number of aromatic nitrogens is 1. The third kappa shape index (κ3) is 3.99. The molecule has 3 heteroatoms. The molecular formula is C43H51BN2. The van der Waals surface area contributed by atoms with E-state index in [1.165, 1.54) is 86.8 Å². The molecule has 0 amide bonds. The molecule has 0 radical (unpaired) electrons. The van der Waals surface area contributed by atoms with Crippen molar-refractivity contribution < 1.29 is 0 Å². The van der Waals surface area contributed by atoms with Crippen LogP contribution < -0.4 is 21.3 Å². The number of benzene rings is 3. The highest BCUT2D eigenvalue weighted by Crippen LogP contribution is 2.51. The molecule has 4 aliphatic rings. The Labute approximate surface area is 278 Å². The van der Waals surface area contributed by atoms with E-state index in [9.17, 15) is 0 Å². The minimum absolute atomic E-state index is 0.116. The fourth-order valence-electron chi connectivity index (χ4n) is 9.72. The summed E-state index contributed by atoms with van der Waals surface area (Å²) in [5.74, 6) is 1.12. The normalized spacial score (nSPS) is 21.8. The Balaban J connectivity index is 1.49. The first-order chi connectivity index (χ1) is 21.4. The molecule has 0 saturated heterocycles. The highest BCUT2D eigenvalue weighted by atomic mass is 15.2. The van der Waals surface area contributed by atoms with Gasteiger partial charge >= 0.3 is 0 Å². The molecule has 3 heterocycles. The van der Waals surface area contributed by atoms with Crippen molar-refractivity contribution in [1.29, 1.82) is 0 Å². The van der Waals surface area contributed by atoms with Crippen molar-refractivity contribution in [3.63, 3.8) is 0 Å². The second-order valence-corrected chi connectivity index (χ2v) is 18.3. The summed E-state index contributed by atoms with van der Waals surface area (Å²) < 4.78 is 0. The van der Waals surface area contributed by atoms with E-state index in [4.69, 9.17) is 4.98 Å². The van der Waals surface area contributed by atoms with Crippen molar-refractivity contribution >= 4 is 40.3 Å². The van der Waals surface area contributed by atoms with Crippen LogP contribution in [0.4, 0.5) is 17.2 Å². The van der Waals surface area contributed by atoms with Gasteiger partial charge in [-0.2, -0.15) is 0 Å². The van der Waals surface area contributed by atoms with Gasteiger partial charge in [-0.1, -0.05) is 111 Å². The zero-order valence-corrected chi connectivity index (χ0v) is 30.1. The Morgan fingerprint density at radius 1 is 0.565 bits per heavy atom. The molecule has 4 aromatic rings. The van der Waals surface area contributed by atoms with Gasteiger partial charge in [-0.05, 0) is 123 Å². The van der Waals surface area contributed by atoms with Gasteiger partial charge < -0.3 is 0 Å². The number of aryl methyl sites for hydroxylation is 1. The van der Waals surface area contributed by atoms with Crippen LogP contribution in [0.1, 0.15) is 134 Å². The van der Waals surface area contributed by atoms with E-state index in [-0.39, 0.29) is 33.8 Å². The average Bonchev–Trinajstić information content (AvgIpc) is 2.99. The van der Waals surface area contributed by atoms with Gasteiger partial charge in [0.1, 0.15) is 5.82 Å². The first-order valence-corrected chi connectivity index (χ1v) is 17.7. The average molecular weight is 607 g/mol. The Morgan fingerprint density at radius 3 is 1.78 bits per heavy atom. The Kier molecular flexibility index (Phi) is 5.99. The van der Waals surface area contributed by atoms with Crippen molar-refractivity contribution in [2.45, 2.75) is 129 Å². The Hall–Kier alpha value is -3.33. The predicted molar refractivity (Wildman–Crippen MR) is 197 cm³/mol. The lowest BCUT2D eigenvalue weighted by Crippen LogP contribution is -2.64. The maximum absolute atomic E-state index is 5.48. The SMILES string of the molecule is Cc1cc2c3c(n1)N(c1ccc4c(c1)C(C)(C)CCC4(C)C)c1cc4c(cc1B3c1ccccc1C2(C)C)C(C)(C)CCC4(C)C. The summed E-state index contributed by atoms with van der Waals surface area (Å²) in [5, 5.41) is 0. The molecule has 0 unspecified atom stereocenters. The summed E-state index contributed by atoms with van der Waals surface area (Å²) in [4.78, 5) is 8.05. The lowest BCUT2D eigenvalue weighted by molar-refractivity contribution is 0.332. The second-order valence-electron chi connectivity index (χ2n) is 18.3. The van der Waals surface area contributed by atoms with Gasteiger partial charge in [0, 0.05) is 22.5 Å². The number of nitrogens with zero attached hydrogens (tertiary/aromatic N) is 2. The molecule has 0 spiro atoms. The molecule has 0 N–H and O–H groups in total. The molecule has 0 bridgehead atoms. The summed E-state index contributed by atoms with van der Waals surface area (Å²) in [6, 6.07) is 24.2. The third-order valence-corrected chi connectivity index (χ3v) is 12.9. The summed E-state index contributed by atoms with van der Waals surface area (Å²) in [5.41, 5.74) is 17.3. The largest absolute Gasteiger partial charge is 0.296 e. The van der Waals surface area contributed by atoms with Gasteiger partial charge in [-0.25, -0.2) is 4.98 Å². The van der Waals surface area contributed by atoms with E-state index in [0.29, 0.717) is 0 Å². The number of anilines is 3. The van der Waals surface area contributed by atoms with Crippen LogP contribution in [0.15, 0.2) is 60.7 Å². The van der Waals surface area contributed by atoms with E-state index in [1.807, 2.05) is 0 Å². The molecular weight excluding hydrogens is 555 g/mol. The van der Waals surface area contributed by atoms with Crippen molar-refractivity contribution in [2.24, 2.45) is 0 Å². The first-order valence-electron chi connectivity index (χ1n) is 17.7. The fraction of sp³-hybridized carbons (Fsp3) is 0.465. The van der Waals surface area contributed by atoms with E-state index in [2.05, 4.69) is 142 Å². The molecule has 1 aromatic heterocycles. The van der Waals surface area contributed by atoms with Gasteiger partial charge in [0.25, 0.3) is 0 Å². The first kappa shape index (κ1) is 30.0. The molecule has 2 nitrogen and oxygen atoms in total. The third-order valence-electron chi connectivity index (χ3n) is 12.9. The van der Waals surface area contributed by atoms with Crippen molar-refractivity contribution in [2.75, 3.05) is 4.90 Å².